The maximum absolute atomic E-state index is 11.1. The molecule has 0 atom stereocenters. The zero-order valence-corrected chi connectivity index (χ0v) is 8.04. The molecule has 0 aromatic heterocycles. The molecule has 3 heteroatoms. The van der Waals surface area contributed by atoms with Crippen molar-refractivity contribution in [1.82, 2.24) is 0 Å². The van der Waals surface area contributed by atoms with Crippen molar-refractivity contribution in [3.8, 4) is 0 Å². The van der Waals surface area contributed by atoms with E-state index in [4.69, 9.17) is 4.74 Å². The van der Waals surface area contributed by atoms with Gasteiger partial charge >= 0.3 is 5.97 Å². The van der Waals surface area contributed by atoms with Gasteiger partial charge in [0, 0.05) is 5.92 Å². The summed E-state index contributed by atoms with van der Waals surface area (Å²) in [6, 6.07) is 0. The Bertz CT molecular complexity index is 194. The minimum absolute atomic E-state index is 0.0195. The van der Waals surface area contributed by atoms with E-state index in [1.54, 1.807) is 0 Å². The number of Topliss-reactive ketones (excluding diaryl/α,β-unsaturated/α-hetero) is 1. The lowest BCUT2D eigenvalue weighted by molar-refractivity contribution is -0.146. The van der Waals surface area contributed by atoms with Crippen molar-refractivity contribution in [3.63, 3.8) is 0 Å². The maximum Gasteiger partial charge on any atom is 0.313 e. The highest BCUT2D eigenvalue weighted by Gasteiger charge is 2.30. The van der Waals surface area contributed by atoms with Gasteiger partial charge in [-0.3, -0.25) is 9.59 Å². The minimum atomic E-state index is -0.356. The van der Waals surface area contributed by atoms with E-state index in [9.17, 15) is 9.59 Å². The molecular formula is C10H16O3. The number of carbonyl (C=O) groups excluding carboxylic acids is 2. The SMILES string of the molecule is CCCCOC(=O)CC(=O)C1CC1. The van der Waals surface area contributed by atoms with Gasteiger partial charge in [-0.25, -0.2) is 0 Å². The number of ether oxygens (including phenoxy) is 1. The average molecular weight is 184 g/mol. The second kappa shape index (κ2) is 5.00. The molecule has 0 spiro atoms. The zero-order chi connectivity index (χ0) is 9.68. The van der Waals surface area contributed by atoms with Crippen LogP contribution in [0.2, 0.25) is 0 Å². The van der Waals surface area contributed by atoms with Crippen LogP contribution in [0.5, 0.6) is 0 Å². The lowest BCUT2D eigenvalue weighted by Crippen LogP contribution is -2.13. The maximum atomic E-state index is 11.1. The molecule has 1 aliphatic rings. The second-order valence-electron chi connectivity index (χ2n) is 3.49. The molecule has 74 valence electrons. The molecule has 1 rings (SSSR count). The quantitative estimate of drug-likeness (QED) is 0.358. The Kier molecular flexibility index (Phi) is 3.93. The molecule has 1 saturated carbocycles. The Morgan fingerprint density at radius 1 is 1.38 bits per heavy atom. The normalized spacial score (nSPS) is 15.5. The predicted octanol–water partition coefficient (Wildman–Crippen LogP) is 1.70. The standard InChI is InChI=1S/C10H16O3/c1-2-3-6-13-10(12)7-9(11)8-4-5-8/h8H,2-7H2,1H3. The first-order valence-corrected chi connectivity index (χ1v) is 4.92. The summed E-state index contributed by atoms with van der Waals surface area (Å²) in [4.78, 5) is 22.2. The topological polar surface area (TPSA) is 43.4 Å². The molecule has 13 heavy (non-hydrogen) atoms. The highest BCUT2D eigenvalue weighted by atomic mass is 16.5. The van der Waals surface area contributed by atoms with Gasteiger partial charge in [0.2, 0.25) is 0 Å². The first-order chi connectivity index (χ1) is 6.24. The summed E-state index contributed by atoms with van der Waals surface area (Å²) in [6.07, 6.45) is 3.78. The van der Waals surface area contributed by atoms with Gasteiger partial charge in [-0.05, 0) is 19.3 Å². The van der Waals surface area contributed by atoms with Crippen LogP contribution in [-0.4, -0.2) is 18.4 Å². The number of rotatable bonds is 6. The molecule has 3 nitrogen and oxygen atoms in total. The molecular weight excluding hydrogens is 168 g/mol. The largest absolute Gasteiger partial charge is 0.465 e. The van der Waals surface area contributed by atoms with Crippen LogP contribution in [0.4, 0.5) is 0 Å². The Morgan fingerprint density at radius 2 is 2.08 bits per heavy atom. The molecule has 0 aliphatic heterocycles. The third-order valence-corrected chi connectivity index (χ3v) is 2.11. The fraction of sp³-hybridized carbons (Fsp3) is 0.800. The van der Waals surface area contributed by atoms with Gasteiger partial charge in [0.25, 0.3) is 0 Å². The van der Waals surface area contributed by atoms with E-state index in [-0.39, 0.29) is 24.1 Å². The van der Waals surface area contributed by atoms with E-state index >= 15 is 0 Å². The van der Waals surface area contributed by atoms with Gasteiger partial charge in [-0.15, -0.1) is 0 Å². The van der Waals surface area contributed by atoms with Crippen molar-refractivity contribution < 1.29 is 14.3 Å². The zero-order valence-electron chi connectivity index (χ0n) is 8.04. The van der Waals surface area contributed by atoms with Crippen LogP contribution in [0, 0.1) is 5.92 Å². The monoisotopic (exact) mass is 184 g/mol. The molecule has 0 saturated heterocycles. The average Bonchev–Trinajstić information content (AvgIpc) is 2.86. The van der Waals surface area contributed by atoms with E-state index in [0.29, 0.717) is 6.61 Å². The molecule has 0 aromatic rings. The lowest BCUT2D eigenvalue weighted by atomic mass is 10.2. The van der Waals surface area contributed by atoms with E-state index in [1.165, 1.54) is 0 Å². The van der Waals surface area contributed by atoms with Crippen molar-refractivity contribution >= 4 is 11.8 Å². The van der Waals surface area contributed by atoms with Crippen LogP contribution >= 0.6 is 0 Å². The number of unbranched alkanes of at least 4 members (excludes halogenated alkanes) is 1. The fourth-order valence-electron chi connectivity index (χ4n) is 1.07. The number of hydrogen-bond donors (Lipinski definition) is 0. The summed E-state index contributed by atoms with van der Waals surface area (Å²) in [7, 11) is 0. The van der Waals surface area contributed by atoms with Gasteiger partial charge in [-0.2, -0.15) is 0 Å². The van der Waals surface area contributed by atoms with Crippen LogP contribution in [-0.2, 0) is 14.3 Å². The number of ketones is 1. The molecule has 1 aliphatic carbocycles. The highest BCUT2D eigenvalue weighted by Crippen LogP contribution is 2.30. The van der Waals surface area contributed by atoms with Crippen LogP contribution in [0.15, 0.2) is 0 Å². The summed E-state index contributed by atoms with van der Waals surface area (Å²) < 4.78 is 4.87. The minimum Gasteiger partial charge on any atom is -0.465 e. The Hall–Kier alpha value is -0.860. The molecule has 0 heterocycles. The predicted molar refractivity (Wildman–Crippen MR) is 48.2 cm³/mol. The third-order valence-electron chi connectivity index (χ3n) is 2.11. The second-order valence-corrected chi connectivity index (χ2v) is 3.49. The molecule has 0 bridgehead atoms. The van der Waals surface area contributed by atoms with Gasteiger partial charge in [0.05, 0.1) is 6.61 Å². The molecule has 1 fully saturated rings. The molecule has 0 unspecified atom stereocenters. The molecule has 0 radical (unpaired) electrons. The molecule has 0 amide bonds. The van der Waals surface area contributed by atoms with Crippen LogP contribution in [0.1, 0.15) is 39.0 Å². The van der Waals surface area contributed by atoms with Crippen molar-refractivity contribution in [3.05, 3.63) is 0 Å². The Balaban J connectivity index is 2.06. The van der Waals surface area contributed by atoms with Gasteiger partial charge in [0.15, 0.2) is 0 Å². The Morgan fingerprint density at radius 3 is 2.62 bits per heavy atom. The molecule has 0 N–H and O–H groups in total. The van der Waals surface area contributed by atoms with Crippen molar-refractivity contribution in [1.29, 1.82) is 0 Å². The first kappa shape index (κ1) is 10.2. The van der Waals surface area contributed by atoms with E-state index in [0.717, 1.165) is 25.7 Å². The van der Waals surface area contributed by atoms with Crippen LogP contribution in [0.25, 0.3) is 0 Å². The van der Waals surface area contributed by atoms with E-state index in [2.05, 4.69) is 0 Å². The van der Waals surface area contributed by atoms with Crippen molar-refractivity contribution in [2.75, 3.05) is 6.61 Å². The molecule has 0 aromatic carbocycles. The number of carbonyl (C=O) groups is 2. The van der Waals surface area contributed by atoms with Crippen LogP contribution < -0.4 is 0 Å². The Labute approximate surface area is 78.5 Å². The van der Waals surface area contributed by atoms with E-state index < -0.39 is 0 Å². The summed E-state index contributed by atoms with van der Waals surface area (Å²) in [5.41, 5.74) is 0. The number of hydrogen-bond acceptors (Lipinski definition) is 3. The lowest BCUT2D eigenvalue weighted by Gasteiger charge is -2.02. The van der Waals surface area contributed by atoms with Gasteiger partial charge in [-0.1, -0.05) is 13.3 Å². The third kappa shape index (κ3) is 4.06. The summed E-state index contributed by atoms with van der Waals surface area (Å²) in [5, 5.41) is 0. The van der Waals surface area contributed by atoms with Crippen molar-refractivity contribution in [2.45, 2.75) is 39.0 Å². The number of esters is 1. The summed E-state index contributed by atoms with van der Waals surface area (Å²) in [5.74, 6) is -0.134. The van der Waals surface area contributed by atoms with Crippen LogP contribution in [0.3, 0.4) is 0 Å². The van der Waals surface area contributed by atoms with E-state index in [1.807, 2.05) is 6.92 Å². The fourth-order valence-corrected chi connectivity index (χ4v) is 1.07. The summed E-state index contributed by atoms with van der Waals surface area (Å²) >= 11 is 0. The van der Waals surface area contributed by atoms with Gasteiger partial charge < -0.3 is 4.74 Å². The smallest absolute Gasteiger partial charge is 0.313 e. The first-order valence-electron chi connectivity index (χ1n) is 4.92. The van der Waals surface area contributed by atoms with Crippen molar-refractivity contribution in [2.24, 2.45) is 5.92 Å². The summed E-state index contributed by atoms with van der Waals surface area (Å²) in [6.45, 7) is 2.48. The van der Waals surface area contributed by atoms with Gasteiger partial charge in [0.1, 0.15) is 12.2 Å². The highest BCUT2D eigenvalue weighted by molar-refractivity contribution is 5.97.